The maximum absolute atomic E-state index is 10.5. The molecule has 11 heavy (non-hydrogen) atoms. The van der Waals surface area contributed by atoms with Crippen LogP contribution in [0.2, 0.25) is 0 Å². The van der Waals surface area contributed by atoms with E-state index in [0.717, 1.165) is 0 Å². The Balaban J connectivity index is 2.66. The fraction of sp³-hybridized carbons (Fsp3) is 0.625. The average molecular weight is 175 g/mol. The standard InChI is InChI=1S/C8H11ClO2/c1-5-4-6(8(10)11)2-3-7(5)9/h2,5,7H,3-4H2,1H3,(H,10,11). The Bertz CT molecular complexity index is 198. The van der Waals surface area contributed by atoms with Gasteiger partial charge in [-0.25, -0.2) is 4.79 Å². The SMILES string of the molecule is CC1CC(C(=O)O)=CCC1Cl. The minimum atomic E-state index is -0.805. The van der Waals surface area contributed by atoms with Crippen LogP contribution in [0.25, 0.3) is 0 Å². The van der Waals surface area contributed by atoms with E-state index in [0.29, 0.717) is 18.4 Å². The molecule has 0 heterocycles. The van der Waals surface area contributed by atoms with Crippen LogP contribution in [0.3, 0.4) is 0 Å². The molecule has 0 saturated carbocycles. The fourth-order valence-electron chi connectivity index (χ4n) is 1.22. The lowest BCUT2D eigenvalue weighted by Crippen LogP contribution is -2.19. The van der Waals surface area contributed by atoms with Crippen LogP contribution in [0.4, 0.5) is 0 Å². The molecule has 2 unspecified atom stereocenters. The summed E-state index contributed by atoms with van der Waals surface area (Å²) < 4.78 is 0. The summed E-state index contributed by atoms with van der Waals surface area (Å²) in [5, 5.41) is 8.74. The number of aliphatic carboxylic acids is 1. The molecule has 3 heteroatoms. The predicted octanol–water partition coefficient (Wildman–Crippen LogP) is 2.03. The van der Waals surface area contributed by atoms with Gasteiger partial charge < -0.3 is 5.11 Å². The van der Waals surface area contributed by atoms with Gasteiger partial charge in [0.2, 0.25) is 0 Å². The number of halogens is 1. The smallest absolute Gasteiger partial charge is 0.331 e. The van der Waals surface area contributed by atoms with Crippen LogP contribution in [0.1, 0.15) is 19.8 Å². The Kier molecular flexibility index (Phi) is 2.55. The summed E-state index contributed by atoms with van der Waals surface area (Å²) in [6, 6.07) is 0. The number of rotatable bonds is 1. The molecule has 0 aromatic carbocycles. The van der Waals surface area contributed by atoms with Crippen molar-refractivity contribution in [3.8, 4) is 0 Å². The van der Waals surface area contributed by atoms with Gasteiger partial charge in [0.1, 0.15) is 0 Å². The van der Waals surface area contributed by atoms with Crippen LogP contribution in [0.5, 0.6) is 0 Å². The van der Waals surface area contributed by atoms with E-state index in [1.54, 1.807) is 6.08 Å². The van der Waals surface area contributed by atoms with E-state index in [4.69, 9.17) is 16.7 Å². The largest absolute Gasteiger partial charge is 0.478 e. The second-order valence-corrected chi connectivity index (χ2v) is 3.53. The van der Waals surface area contributed by atoms with Crippen molar-refractivity contribution < 1.29 is 9.90 Å². The first kappa shape index (κ1) is 8.60. The van der Waals surface area contributed by atoms with Crippen LogP contribution in [0.15, 0.2) is 11.6 Å². The molecule has 0 fully saturated rings. The lowest BCUT2D eigenvalue weighted by Gasteiger charge is -2.21. The van der Waals surface area contributed by atoms with Gasteiger partial charge in [-0.2, -0.15) is 0 Å². The summed E-state index contributed by atoms with van der Waals surface area (Å²) in [6.45, 7) is 1.98. The highest BCUT2D eigenvalue weighted by Gasteiger charge is 2.22. The number of carboxylic acids is 1. The molecule has 0 saturated heterocycles. The number of carbonyl (C=O) groups is 1. The second-order valence-electron chi connectivity index (χ2n) is 2.97. The lowest BCUT2D eigenvalue weighted by molar-refractivity contribution is -0.133. The number of hydrogen-bond donors (Lipinski definition) is 1. The van der Waals surface area contributed by atoms with Gasteiger partial charge in [0.15, 0.2) is 0 Å². The number of allylic oxidation sites excluding steroid dienone is 1. The molecule has 0 bridgehead atoms. The maximum atomic E-state index is 10.5. The van der Waals surface area contributed by atoms with Crippen molar-refractivity contribution >= 4 is 17.6 Å². The van der Waals surface area contributed by atoms with Crippen molar-refractivity contribution in [1.82, 2.24) is 0 Å². The summed E-state index contributed by atoms with van der Waals surface area (Å²) in [7, 11) is 0. The van der Waals surface area contributed by atoms with Crippen LogP contribution < -0.4 is 0 Å². The first-order chi connectivity index (χ1) is 5.11. The summed E-state index contributed by atoms with van der Waals surface area (Å²) in [5.41, 5.74) is 0.509. The van der Waals surface area contributed by atoms with Crippen LogP contribution in [0, 0.1) is 5.92 Å². The van der Waals surface area contributed by atoms with Gasteiger partial charge >= 0.3 is 5.97 Å². The molecule has 0 amide bonds. The normalized spacial score (nSPS) is 31.3. The van der Waals surface area contributed by atoms with Gasteiger partial charge in [-0.15, -0.1) is 11.6 Å². The molecule has 0 aromatic heterocycles. The average Bonchev–Trinajstić information content (AvgIpc) is 1.94. The molecule has 0 aromatic rings. The van der Waals surface area contributed by atoms with Crippen LogP contribution in [-0.2, 0) is 4.79 Å². The van der Waals surface area contributed by atoms with Crippen molar-refractivity contribution in [2.45, 2.75) is 25.1 Å². The second kappa shape index (κ2) is 3.26. The Morgan fingerprint density at radius 2 is 2.45 bits per heavy atom. The van der Waals surface area contributed by atoms with Crippen molar-refractivity contribution in [3.63, 3.8) is 0 Å². The third-order valence-electron chi connectivity index (χ3n) is 2.02. The fourth-order valence-corrected chi connectivity index (χ4v) is 1.40. The highest BCUT2D eigenvalue weighted by atomic mass is 35.5. The molecule has 1 N–H and O–H groups in total. The maximum Gasteiger partial charge on any atom is 0.331 e. The molecule has 1 aliphatic carbocycles. The molecule has 1 aliphatic rings. The summed E-state index contributed by atoms with van der Waals surface area (Å²) in [6.07, 6.45) is 3.01. The zero-order chi connectivity index (χ0) is 8.43. The molecule has 62 valence electrons. The molecule has 2 atom stereocenters. The van der Waals surface area contributed by atoms with E-state index in [2.05, 4.69) is 0 Å². The first-order valence-corrected chi connectivity index (χ1v) is 4.11. The summed E-state index contributed by atoms with van der Waals surface area (Å²) in [4.78, 5) is 10.5. The topological polar surface area (TPSA) is 37.3 Å². The summed E-state index contributed by atoms with van der Waals surface area (Å²) >= 11 is 5.90. The molecule has 1 rings (SSSR count). The first-order valence-electron chi connectivity index (χ1n) is 3.67. The summed E-state index contributed by atoms with van der Waals surface area (Å²) in [5.74, 6) is -0.520. The van der Waals surface area contributed by atoms with Gasteiger partial charge in [0.25, 0.3) is 0 Å². The van der Waals surface area contributed by atoms with Gasteiger partial charge in [-0.1, -0.05) is 13.0 Å². The van der Waals surface area contributed by atoms with E-state index in [1.165, 1.54) is 0 Å². The van der Waals surface area contributed by atoms with E-state index in [1.807, 2.05) is 6.92 Å². The highest BCUT2D eigenvalue weighted by Crippen LogP contribution is 2.27. The van der Waals surface area contributed by atoms with E-state index in [9.17, 15) is 4.79 Å². The van der Waals surface area contributed by atoms with Gasteiger partial charge in [-0.05, 0) is 18.8 Å². The molecule has 0 aliphatic heterocycles. The molecule has 0 spiro atoms. The Morgan fingerprint density at radius 3 is 2.91 bits per heavy atom. The third kappa shape index (κ3) is 1.96. The lowest BCUT2D eigenvalue weighted by atomic mass is 9.90. The van der Waals surface area contributed by atoms with Crippen molar-refractivity contribution in [2.75, 3.05) is 0 Å². The van der Waals surface area contributed by atoms with Crippen molar-refractivity contribution in [2.24, 2.45) is 5.92 Å². The molecular weight excluding hydrogens is 164 g/mol. The Morgan fingerprint density at radius 1 is 1.82 bits per heavy atom. The quantitative estimate of drug-likeness (QED) is 0.618. The van der Waals surface area contributed by atoms with Gasteiger partial charge in [-0.3, -0.25) is 0 Å². The number of carboxylic acid groups (broad SMARTS) is 1. The predicted molar refractivity (Wildman–Crippen MR) is 43.8 cm³/mol. The van der Waals surface area contributed by atoms with Gasteiger partial charge in [0.05, 0.1) is 0 Å². The Labute approximate surface area is 70.9 Å². The van der Waals surface area contributed by atoms with Crippen LogP contribution in [-0.4, -0.2) is 16.5 Å². The van der Waals surface area contributed by atoms with E-state index in [-0.39, 0.29) is 11.3 Å². The third-order valence-corrected chi connectivity index (χ3v) is 2.63. The van der Waals surface area contributed by atoms with E-state index < -0.39 is 5.97 Å². The number of alkyl halides is 1. The molecule has 0 radical (unpaired) electrons. The zero-order valence-electron chi connectivity index (χ0n) is 6.38. The van der Waals surface area contributed by atoms with Crippen molar-refractivity contribution in [3.05, 3.63) is 11.6 Å². The minimum Gasteiger partial charge on any atom is -0.478 e. The van der Waals surface area contributed by atoms with Crippen molar-refractivity contribution in [1.29, 1.82) is 0 Å². The molecular formula is C8H11ClO2. The highest BCUT2D eigenvalue weighted by molar-refractivity contribution is 6.21. The monoisotopic (exact) mass is 174 g/mol. The zero-order valence-corrected chi connectivity index (χ0v) is 7.14. The number of hydrogen-bond acceptors (Lipinski definition) is 1. The van der Waals surface area contributed by atoms with E-state index >= 15 is 0 Å². The molecule has 2 nitrogen and oxygen atoms in total. The van der Waals surface area contributed by atoms with Gasteiger partial charge in [0, 0.05) is 11.0 Å². The Hall–Kier alpha value is -0.500. The minimum absolute atomic E-state index is 0.109. The van der Waals surface area contributed by atoms with Crippen LogP contribution >= 0.6 is 11.6 Å².